The first-order valence-electron chi connectivity index (χ1n) is 8.94. The van der Waals surface area contributed by atoms with Gasteiger partial charge in [-0.1, -0.05) is 6.07 Å². The van der Waals surface area contributed by atoms with Crippen LogP contribution in [-0.2, 0) is 6.42 Å². The molecule has 150 valence electrons. The Kier molecular flexibility index (Phi) is 6.57. The molecule has 0 radical (unpaired) electrons. The highest BCUT2D eigenvalue weighted by atomic mass is 19.1. The molecular weight excluding hydrogens is 375 g/mol. The lowest BCUT2D eigenvalue weighted by atomic mass is 10.1. The third-order valence-corrected chi connectivity index (χ3v) is 4.16. The first-order chi connectivity index (χ1) is 14.1. The van der Waals surface area contributed by atoms with Gasteiger partial charge in [-0.2, -0.15) is 0 Å². The van der Waals surface area contributed by atoms with E-state index in [-0.39, 0.29) is 17.4 Å². The number of aromatic nitrogens is 2. The first kappa shape index (κ1) is 20.1. The van der Waals surface area contributed by atoms with Crippen LogP contribution in [0, 0.1) is 5.82 Å². The fourth-order valence-electron chi connectivity index (χ4n) is 2.65. The number of anilines is 2. The third-order valence-electron chi connectivity index (χ3n) is 4.16. The van der Waals surface area contributed by atoms with E-state index in [4.69, 9.17) is 9.47 Å². The second kappa shape index (κ2) is 9.50. The molecule has 0 saturated carbocycles. The van der Waals surface area contributed by atoms with Crippen LogP contribution in [0.4, 0.5) is 15.9 Å². The van der Waals surface area contributed by atoms with Crippen molar-refractivity contribution in [1.29, 1.82) is 0 Å². The number of methoxy groups -OCH3 is 2. The van der Waals surface area contributed by atoms with Crippen molar-refractivity contribution in [3.8, 4) is 11.5 Å². The summed E-state index contributed by atoms with van der Waals surface area (Å²) in [6.07, 6.45) is 0.629. The van der Waals surface area contributed by atoms with E-state index in [1.165, 1.54) is 12.1 Å². The summed E-state index contributed by atoms with van der Waals surface area (Å²) in [5.41, 5.74) is 1.89. The number of nitrogens with one attached hydrogen (secondary N) is 2. The standard InChI is InChI=1S/C21H21FN4O3/c1-28-18-9-3-14(13-19(18)29-2)11-12-23-21(27)17-8-10-20(26-25-17)24-16-6-4-15(22)5-7-16/h3-10,13H,11-12H2,1-2H3,(H,23,27)(H,24,26). The maximum absolute atomic E-state index is 12.9. The Morgan fingerprint density at radius 2 is 1.72 bits per heavy atom. The monoisotopic (exact) mass is 396 g/mol. The predicted molar refractivity (Wildman–Crippen MR) is 107 cm³/mol. The molecule has 0 atom stereocenters. The number of rotatable bonds is 8. The molecule has 29 heavy (non-hydrogen) atoms. The van der Waals surface area contributed by atoms with E-state index >= 15 is 0 Å². The van der Waals surface area contributed by atoms with Crippen molar-refractivity contribution in [2.45, 2.75) is 6.42 Å². The number of carbonyl (C=O) groups is 1. The van der Waals surface area contributed by atoms with E-state index in [9.17, 15) is 9.18 Å². The average Bonchev–Trinajstić information content (AvgIpc) is 2.75. The number of hydrogen-bond acceptors (Lipinski definition) is 6. The van der Waals surface area contributed by atoms with Crippen molar-refractivity contribution in [3.05, 3.63) is 71.7 Å². The van der Waals surface area contributed by atoms with Crippen LogP contribution in [0.3, 0.4) is 0 Å². The molecule has 7 nitrogen and oxygen atoms in total. The summed E-state index contributed by atoms with van der Waals surface area (Å²) in [6, 6.07) is 14.7. The van der Waals surface area contributed by atoms with Gasteiger partial charge in [0, 0.05) is 12.2 Å². The highest BCUT2D eigenvalue weighted by molar-refractivity contribution is 5.92. The molecule has 0 aliphatic heterocycles. The molecule has 1 heterocycles. The summed E-state index contributed by atoms with van der Waals surface area (Å²) in [6.45, 7) is 0.436. The minimum atomic E-state index is -0.318. The SMILES string of the molecule is COc1ccc(CCNC(=O)c2ccc(Nc3ccc(F)cc3)nn2)cc1OC. The average molecular weight is 396 g/mol. The topological polar surface area (TPSA) is 85.4 Å². The predicted octanol–water partition coefficient (Wildman–Crippen LogP) is 3.35. The Morgan fingerprint density at radius 3 is 2.38 bits per heavy atom. The highest BCUT2D eigenvalue weighted by Crippen LogP contribution is 2.27. The highest BCUT2D eigenvalue weighted by Gasteiger charge is 2.09. The van der Waals surface area contributed by atoms with E-state index in [2.05, 4.69) is 20.8 Å². The Morgan fingerprint density at radius 1 is 0.966 bits per heavy atom. The largest absolute Gasteiger partial charge is 0.493 e. The van der Waals surface area contributed by atoms with Crippen molar-refractivity contribution < 1.29 is 18.7 Å². The minimum absolute atomic E-state index is 0.210. The van der Waals surface area contributed by atoms with Crippen molar-refractivity contribution >= 4 is 17.4 Å². The number of hydrogen-bond donors (Lipinski definition) is 2. The van der Waals surface area contributed by atoms with E-state index in [0.29, 0.717) is 36.0 Å². The van der Waals surface area contributed by atoms with Crippen molar-refractivity contribution in [2.75, 3.05) is 26.1 Å². The summed E-state index contributed by atoms with van der Waals surface area (Å²) < 4.78 is 23.4. The van der Waals surface area contributed by atoms with Crippen LogP contribution >= 0.6 is 0 Å². The molecule has 2 aromatic carbocycles. The van der Waals surface area contributed by atoms with Crippen LogP contribution in [0.2, 0.25) is 0 Å². The van der Waals surface area contributed by atoms with Crippen molar-refractivity contribution in [3.63, 3.8) is 0 Å². The van der Waals surface area contributed by atoms with Crippen LogP contribution in [0.1, 0.15) is 16.1 Å². The zero-order chi connectivity index (χ0) is 20.6. The van der Waals surface area contributed by atoms with Crippen LogP contribution < -0.4 is 20.1 Å². The Hall–Kier alpha value is -3.68. The summed E-state index contributed by atoms with van der Waals surface area (Å²) in [4.78, 5) is 12.2. The van der Waals surface area contributed by atoms with Crippen molar-refractivity contribution in [1.82, 2.24) is 15.5 Å². The number of nitrogens with zero attached hydrogens (tertiary/aromatic N) is 2. The summed E-state index contributed by atoms with van der Waals surface area (Å²) in [5, 5.41) is 13.7. The molecule has 0 saturated heterocycles. The lowest BCUT2D eigenvalue weighted by Gasteiger charge is -2.10. The van der Waals surface area contributed by atoms with E-state index < -0.39 is 0 Å². The molecule has 3 aromatic rings. The number of ether oxygens (including phenoxy) is 2. The van der Waals surface area contributed by atoms with Gasteiger partial charge in [-0.15, -0.1) is 10.2 Å². The maximum atomic E-state index is 12.9. The molecule has 1 aromatic heterocycles. The molecule has 0 unspecified atom stereocenters. The van der Waals surface area contributed by atoms with Gasteiger partial charge in [0.25, 0.3) is 5.91 Å². The van der Waals surface area contributed by atoms with Gasteiger partial charge < -0.3 is 20.1 Å². The van der Waals surface area contributed by atoms with E-state index in [1.807, 2.05) is 18.2 Å². The second-order valence-electron chi connectivity index (χ2n) is 6.13. The van der Waals surface area contributed by atoms with Crippen LogP contribution in [-0.4, -0.2) is 36.9 Å². The molecule has 3 rings (SSSR count). The molecule has 0 aliphatic carbocycles. The van der Waals surface area contributed by atoms with Gasteiger partial charge in [0.15, 0.2) is 23.0 Å². The fourth-order valence-corrected chi connectivity index (χ4v) is 2.65. The van der Waals surface area contributed by atoms with Gasteiger partial charge in [0.2, 0.25) is 0 Å². The molecule has 1 amide bonds. The number of carbonyl (C=O) groups excluding carboxylic acids is 1. The molecule has 2 N–H and O–H groups in total. The molecule has 0 aliphatic rings. The fraction of sp³-hybridized carbons (Fsp3) is 0.190. The number of benzene rings is 2. The smallest absolute Gasteiger partial charge is 0.271 e. The normalized spacial score (nSPS) is 10.3. The van der Waals surface area contributed by atoms with Gasteiger partial charge in [-0.05, 0) is 60.5 Å². The molecule has 0 bridgehead atoms. The molecule has 0 fully saturated rings. The van der Waals surface area contributed by atoms with Crippen molar-refractivity contribution in [2.24, 2.45) is 0 Å². The van der Waals surface area contributed by atoms with Gasteiger partial charge in [-0.3, -0.25) is 4.79 Å². The quantitative estimate of drug-likeness (QED) is 0.607. The lowest BCUT2D eigenvalue weighted by Crippen LogP contribution is -2.26. The number of halogens is 1. The zero-order valence-electron chi connectivity index (χ0n) is 16.1. The maximum Gasteiger partial charge on any atom is 0.271 e. The van der Waals surface area contributed by atoms with Crippen LogP contribution in [0.5, 0.6) is 11.5 Å². The Labute approximate surface area is 167 Å². The Bertz CT molecular complexity index is 963. The molecule has 8 heteroatoms. The van der Waals surface area contributed by atoms with Gasteiger partial charge in [0.05, 0.1) is 14.2 Å². The Balaban J connectivity index is 1.52. The van der Waals surface area contributed by atoms with Crippen LogP contribution in [0.15, 0.2) is 54.6 Å². The zero-order valence-corrected chi connectivity index (χ0v) is 16.1. The summed E-state index contributed by atoms with van der Waals surface area (Å²) >= 11 is 0. The first-order valence-corrected chi connectivity index (χ1v) is 8.94. The molecular formula is C21H21FN4O3. The number of amides is 1. The molecule has 0 spiro atoms. The second-order valence-corrected chi connectivity index (χ2v) is 6.13. The lowest BCUT2D eigenvalue weighted by molar-refractivity contribution is 0.0948. The minimum Gasteiger partial charge on any atom is -0.493 e. The van der Waals surface area contributed by atoms with Gasteiger partial charge in [-0.25, -0.2) is 4.39 Å². The summed E-state index contributed by atoms with van der Waals surface area (Å²) in [7, 11) is 3.16. The van der Waals surface area contributed by atoms with Gasteiger partial charge in [0.1, 0.15) is 5.82 Å². The van der Waals surface area contributed by atoms with Crippen LogP contribution in [0.25, 0.3) is 0 Å². The van der Waals surface area contributed by atoms with Gasteiger partial charge >= 0.3 is 0 Å². The summed E-state index contributed by atoms with van der Waals surface area (Å²) in [5.74, 6) is 1.13. The third kappa shape index (κ3) is 5.41. The van der Waals surface area contributed by atoms with E-state index in [0.717, 1.165) is 5.56 Å². The van der Waals surface area contributed by atoms with E-state index in [1.54, 1.807) is 38.5 Å².